The molecule has 2 aromatic rings. The van der Waals surface area contributed by atoms with Crippen LogP contribution in [-0.4, -0.2) is 17.6 Å². The number of aryl methyl sites for hydroxylation is 1. The van der Waals surface area contributed by atoms with Gasteiger partial charge in [-0.05, 0) is 6.92 Å². The molecule has 0 atom stereocenters. The summed E-state index contributed by atoms with van der Waals surface area (Å²) < 4.78 is 29.9. The van der Waals surface area contributed by atoms with Crippen molar-refractivity contribution >= 4 is 19.1 Å². The Morgan fingerprint density at radius 1 is 1.32 bits per heavy atom. The van der Waals surface area contributed by atoms with E-state index in [-0.39, 0.29) is 11.1 Å². The Balaban J connectivity index is 2.66. The van der Waals surface area contributed by atoms with Crippen LogP contribution in [0.5, 0.6) is 0 Å². The summed E-state index contributed by atoms with van der Waals surface area (Å²) in [6, 6.07) is 1.31. The van der Waals surface area contributed by atoms with E-state index >= 15 is 0 Å². The zero-order valence-electron chi connectivity index (χ0n) is 11.5. The molecule has 0 aliphatic heterocycles. The third-order valence-electron chi connectivity index (χ3n) is 2.71. The second-order valence-electron chi connectivity index (χ2n) is 5.45. The van der Waals surface area contributed by atoms with Crippen LogP contribution in [0.2, 0.25) is 19.6 Å². The molecule has 0 aliphatic carbocycles. The van der Waals surface area contributed by atoms with Gasteiger partial charge in [0.2, 0.25) is 0 Å². The van der Waals surface area contributed by atoms with E-state index in [0.29, 0.717) is 12.1 Å². The monoisotopic (exact) mass is 278 g/mol. The predicted molar refractivity (Wildman–Crippen MR) is 75.5 cm³/mol. The first-order chi connectivity index (χ1) is 8.83. The van der Waals surface area contributed by atoms with Gasteiger partial charge in [0, 0.05) is 12.6 Å². The quantitative estimate of drug-likeness (QED) is 0.576. The van der Waals surface area contributed by atoms with Crippen LogP contribution in [-0.2, 0) is 6.54 Å². The number of imidazole rings is 1. The minimum absolute atomic E-state index is 0.170. The van der Waals surface area contributed by atoms with Crippen LogP contribution in [0.15, 0.2) is 12.4 Å². The van der Waals surface area contributed by atoms with Crippen molar-refractivity contribution in [3.63, 3.8) is 0 Å². The highest BCUT2D eigenvalue weighted by atomic mass is 28.3. The molecule has 19 heavy (non-hydrogen) atoms. The molecule has 0 unspecified atom stereocenters. The Bertz CT molecular complexity index is 687. The molecule has 0 N–H and O–H groups in total. The van der Waals surface area contributed by atoms with Crippen LogP contribution in [0.3, 0.4) is 0 Å². The van der Waals surface area contributed by atoms with E-state index in [9.17, 15) is 8.78 Å². The summed E-state index contributed by atoms with van der Waals surface area (Å²) in [6.07, 6.45) is 1.52. The fourth-order valence-electron chi connectivity index (χ4n) is 1.74. The lowest BCUT2D eigenvalue weighted by molar-refractivity contribution is 0.584. The zero-order valence-corrected chi connectivity index (χ0v) is 12.5. The first-order valence-electron chi connectivity index (χ1n) is 6.19. The van der Waals surface area contributed by atoms with E-state index in [1.807, 2.05) is 26.6 Å². The van der Waals surface area contributed by atoms with Gasteiger partial charge in [-0.3, -0.25) is 0 Å². The number of nitrogens with zero attached hydrogens (tertiary/aromatic N) is 2. The smallest absolute Gasteiger partial charge is 0.169 e. The predicted octanol–water partition coefficient (Wildman–Crippen LogP) is 3.56. The molecule has 1 aromatic carbocycles. The normalized spacial score (nSPS) is 11.5. The number of benzene rings is 1. The Kier molecular flexibility index (Phi) is 3.46. The van der Waals surface area contributed by atoms with Gasteiger partial charge in [-0.25, -0.2) is 13.8 Å². The van der Waals surface area contributed by atoms with Crippen LogP contribution in [0.1, 0.15) is 12.5 Å². The lowest BCUT2D eigenvalue weighted by Crippen LogP contribution is -2.16. The molecule has 5 heteroatoms. The molecular formula is C14H16F2N2Si. The van der Waals surface area contributed by atoms with Gasteiger partial charge >= 0.3 is 0 Å². The molecule has 0 radical (unpaired) electrons. The van der Waals surface area contributed by atoms with Crippen molar-refractivity contribution < 1.29 is 8.78 Å². The van der Waals surface area contributed by atoms with Crippen molar-refractivity contribution in [1.82, 2.24) is 9.55 Å². The highest BCUT2D eigenvalue weighted by Gasteiger charge is 2.16. The van der Waals surface area contributed by atoms with Crippen LogP contribution >= 0.6 is 0 Å². The van der Waals surface area contributed by atoms with E-state index in [1.165, 1.54) is 12.4 Å². The van der Waals surface area contributed by atoms with E-state index in [1.54, 1.807) is 4.57 Å². The molecule has 0 saturated heterocycles. The highest BCUT2D eigenvalue weighted by molar-refractivity contribution is 6.83. The van der Waals surface area contributed by atoms with Gasteiger partial charge in [-0.15, -0.1) is 5.54 Å². The largest absolute Gasteiger partial charge is 0.331 e. The number of hydrogen-bond acceptors (Lipinski definition) is 1. The third kappa shape index (κ3) is 2.69. The molecule has 0 saturated carbocycles. The molecule has 0 amide bonds. The molecule has 0 fully saturated rings. The van der Waals surface area contributed by atoms with Crippen molar-refractivity contribution in [1.29, 1.82) is 0 Å². The standard InChI is InChI=1S/C14H16F2N2Si/c1-5-18-9-17-14-12(18)8-11(15)10(13(14)16)6-7-19(2,3)4/h8-9H,5H2,1-4H3. The molecule has 0 bridgehead atoms. The third-order valence-corrected chi connectivity index (χ3v) is 3.59. The van der Waals surface area contributed by atoms with Gasteiger partial charge in [-0.1, -0.05) is 25.6 Å². The van der Waals surface area contributed by atoms with E-state index in [4.69, 9.17) is 0 Å². The molecule has 0 spiro atoms. The molecular weight excluding hydrogens is 262 g/mol. The Morgan fingerprint density at radius 3 is 2.58 bits per heavy atom. The lowest BCUT2D eigenvalue weighted by atomic mass is 10.2. The SMILES string of the molecule is CCn1cnc2c(F)c(C#C[Si](C)(C)C)c(F)cc21. The number of fused-ring (bicyclic) bond motifs is 1. The summed E-state index contributed by atoms with van der Waals surface area (Å²) in [7, 11) is -1.68. The maximum Gasteiger partial charge on any atom is 0.169 e. The van der Waals surface area contributed by atoms with E-state index in [0.717, 1.165) is 0 Å². The summed E-state index contributed by atoms with van der Waals surface area (Å²) in [5.41, 5.74) is 3.46. The minimum Gasteiger partial charge on any atom is -0.331 e. The average molecular weight is 278 g/mol. The maximum absolute atomic E-state index is 14.3. The number of rotatable bonds is 1. The summed E-state index contributed by atoms with van der Waals surface area (Å²) in [5, 5.41) is 0. The van der Waals surface area contributed by atoms with Gasteiger partial charge in [0.1, 0.15) is 19.4 Å². The van der Waals surface area contributed by atoms with Gasteiger partial charge in [0.15, 0.2) is 5.82 Å². The Hall–Kier alpha value is -1.67. The summed E-state index contributed by atoms with van der Waals surface area (Å²) in [5.74, 6) is 1.37. The van der Waals surface area contributed by atoms with Gasteiger partial charge < -0.3 is 4.57 Å². The van der Waals surface area contributed by atoms with Crippen molar-refractivity contribution in [2.24, 2.45) is 0 Å². The first-order valence-corrected chi connectivity index (χ1v) is 9.69. The molecule has 1 heterocycles. The number of halogens is 2. The van der Waals surface area contributed by atoms with Crippen molar-refractivity contribution in [3.8, 4) is 11.5 Å². The van der Waals surface area contributed by atoms with Crippen molar-refractivity contribution in [2.45, 2.75) is 33.1 Å². The van der Waals surface area contributed by atoms with Crippen molar-refractivity contribution in [2.75, 3.05) is 0 Å². The average Bonchev–Trinajstić information content (AvgIpc) is 2.70. The van der Waals surface area contributed by atoms with Gasteiger partial charge in [0.05, 0.1) is 17.4 Å². The van der Waals surface area contributed by atoms with Crippen LogP contribution < -0.4 is 0 Å². The highest BCUT2D eigenvalue weighted by Crippen LogP contribution is 2.22. The van der Waals surface area contributed by atoms with E-state index < -0.39 is 19.7 Å². The van der Waals surface area contributed by atoms with Gasteiger partial charge in [-0.2, -0.15) is 0 Å². The van der Waals surface area contributed by atoms with E-state index in [2.05, 4.69) is 16.4 Å². The molecule has 100 valence electrons. The summed E-state index contributed by atoms with van der Waals surface area (Å²) in [4.78, 5) is 4.00. The second kappa shape index (κ2) is 4.78. The fraction of sp³-hybridized carbons (Fsp3) is 0.357. The number of aromatic nitrogens is 2. The zero-order chi connectivity index (χ0) is 14.2. The topological polar surface area (TPSA) is 17.8 Å². The molecule has 1 aromatic heterocycles. The number of hydrogen-bond donors (Lipinski definition) is 0. The first kappa shape index (κ1) is 13.8. The summed E-state index contributed by atoms with van der Waals surface area (Å²) in [6.45, 7) is 8.60. The lowest BCUT2D eigenvalue weighted by Gasteiger charge is -2.05. The second-order valence-corrected chi connectivity index (χ2v) is 10.2. The van der Waals surface area contributed by atoms with Crippen molar-refractivity contribution in [3.05, 3.63) is 29.6 Å². The van der Waals surface area contributed by atoms with Crippen LogP contribution in [0, 0.1) is 23.1 Å². The molecule has 0 aliphatic rings. The summed E-state index contributed by atoms with van der Waals surface area (Å²) >= 11 is 0. The maximum atomic E-state index is 14.3. The Labute approximate surface area is 112 Å². The molecule has 2 nitrogen and oxygen atoms in total. The van der Waals surface area contributed by atoms with Crippen LogP contribution in [0.25, 0.3) is 11.0 Å². The Morgan fingerprint density at radius 2 is 2.00 bits per heavy atom. The fourth-order valence-corrected chi connectivity index (χ4v) is 2.24. The molecule has 2 rings (SSSR count). The minimum atomic E-state index is -1.68. The van der Waals surface area contributed by atoms with Crippen LogP contribution in [0.4, 0.5) is 8.78 Å². The van der Waals surface area contributed by atoms with Gasteiger partial charge in [0.25, 0.3) is 0 Å².